The molecule has 362 valence electrons. The number of likely N-dealkylation sites (tertiary alicyclic amines) is 4. The van der Waals surface area contributed by atoms with Crippen molar-refractivity contribution in [3.05, 3.63) is 36.0 Å². The van der Waals surface area contributed by atoms with E-state index in [2.05, 4.69) is 20.9 Å². The molecular weight excluding hydrogens is 849 g/mol. The molecule has 19 heteroatoms. The quantitative estimate of drug-likeness (QED) is 0.0977. The second kappa shape index (κ2) is 22.3. The van der Waals surface area contributed by atoms with Crippen LogP contribution in [-0.4, -0.2) is 158 Å². The van der Waals surface area contributed by atoms with Crippen LogP contribution < -0.4 is 27.4 Å². The van der Waals surface area contributed by atoms with Gasteiger partial charge in [-0.2, -0.15) is 0 Å². The first-order chi connectivity index (χ1) is 31.5. The van der Waals surface area contributed by atoms with E-state index in [1.165, 1.54) is 9.80 Å². The number of para-hydroxylation sites is 1. The average Bonchev–Trinajstić information content (AvgIpc) is 4.15. The molecule has 9 N–H and O–H groups in total. The summed E-state index contributed by atoms with van der Waals surface area (Å²) in [6.45, 7) is 8.65. The van der Waals surface area contributed by atoms with Crippen LogP contribution >= 0.6 is 0 Å². The van der Waals surface area contributed by atoms with Crippen molar-refractivity contribution in [3.63, 3.8) is 0 Å². The van der Waals surface area contributed by atoms with Gasteiger partial charge in [0.25, 0.3) is 0 Å². The van der Waals surface area contributed by atoms with E-state index in [0.29, 0.717) is 83.8 Å². The zero-order chi connectivity index (χ0) is 47.8. The molecule has 4 aliphatic heterocycles. The summed E-state index contributed by atoms with van der Waals surface area (Å²) in [5.41, 5.74) is 13.4. The highest BCUT2D eigenvalue weighted by Crippen LogP contribution is 2.30. The summed E-state index contributed by atoms with van der Waals surface area (Å²) < 4.78 is 0. The number of hydrogen-bond acceptors (Lipinski definition) is 10. The Labute approximate surface area is 386 Å². The number of carbonyl (C=O) groups excluding carboxylic acids is 7. The number of aliphatic carboxylic acids is 1. The number of amides is 7. The van der Waals surface area contributed by atoms with E-state index < -0.39 is 89.8 Å². The number of rotatable bonds is 19. The minimum absolute atomic E-state index is 0.0416. The van der Waals surface area contributed by atoms with Gasteiger partial charge in [0.2, 0.25) is 41.4 Å². The SMILES string of the molecule is CC(C)[C@H](NC(=O)[C@@H]1CCCN1C(=O)[C@@H](NC(=O)[C@H](Cc1c[nH]c2ccccc12)NC(=O)[C@@H]1CCCN1C(=O)[C@@H]1CCCN1C(=O)[C@@H]1CCCN1C(=O)[C@@H](N)CCCCN)C(C)C)C(=O)O. The summed E-state index contributed by atoms with van der Waals surface area (Å²) in [6.07, 6.45) is 7.50. The molecule has 1 aromatic carbocycles. The lowest BCUT2D eigenvalue weighted by Gasteiger charge is -2.35. The van der Waals surface area contributed by atoms with Gasteiger partial charge in [0.05, 0.1) is 6.04 Å². The molecule has 0 unspecified atom stereocenters. The Morgan fingerprint density at radius 2 is 1.20 bits per heavy atom. The van der Waals surface area contributed by atoms with Gasteiger partial charge in [0.1, 0.15) is 42.3 Å². The van der Waals surface area contributed by atoms with E-state index in [1.54, 1.807) is 43.7 Å². The molecule has 66 heavy (non-hydrogen) atoms. The highest BCUT2D eigenvalue weighted by molar-refractivity contribution is 5.99. The number of fused-ring (bicyclic) bond motifs is 1. The first kappa shape index (κ1) is 49.9. The first-order valence-electron chi connectivity index (χ1n) is 23.9. The number of carboxylic acids is 1. The van der Waals surface area contributed by atoms with E-state index in [4.69, 9.17) is 11.5 Å². The number of benzene rings is 1. The van der Waals surface area contributed by atoms with Crippen molar-refractivity contribution in [2.45, 2.75) is 153 Å². The number of aromatic nitrogens is 1. The van der Waals surface area contributed by atoms with Crippen molar-refractivity contribution in [2.75, 3.05) is 32.7 Å². The standard InChI is InChI=1S/C47H70N10O9/c1-27(2)38(46(64)55-22-10-17-35(55)42(60)53-39(28(3)4)47(65)66)52-40(58)33(25-29-26-50-32-15-6-5-13-30(29)32)51-41(59)34-16-9-21-54(34)44(62)37-19-12-24-57(37)45(63)36-18-11-23-56(36)43(61)31(49)14-7-8-20-48/h5-6,13,15,26-28,31,33-39,50H,7-12,14,16-25,48-49H2,1-4H3,(H,51,59)(H,52,58)(H,53,60)(H,65,66)/t31-,33-,34-,35-,36-,37-,38-,39-/m0/s1. The third-order valence-electron chi connectivity index (χ3n) is 13.8. The first-order valence-corrected chi connectivity index (χ1v) is 23.9. The van der Waals surface area contributed by atoms with Gasteiger partial charge in [-0.3, -0.25) is 33.6 Å². The Morgan fingerprint density at radius 1 is 0.682 bits per heavy atom. The van der Waals surface area contributed by atoms with Crippen molar-refractivity contribution in [2.24, 2.45) is 23.3 Å². The molecule has 1 aromatic heterocycles. The number of nitrogens with one attached hydrogen (secondary N) is 4. The van der Waals surface area contributed by atoms with Gasteiger partial charge in [0.15, 0.2) is 0 Å². The molecule has 4 fully saturated rings. The highest BCUT2D eigenvalue weighted by atomic mass is 16.4. The van der Waals surface area contributed by atoms with Crippen LogP contribution in [0, 0.1) is 11.8 Å². The molecular formula is C47H70N10O9. The summed E-state index contributed by atoms with van der Waals surface area (Å²) in [5, 5.41) is 19.0. The lowest BCUT2D eigenvalue weighted by molar-refractivity contribution is -0.151. The molecule has 7 amide bonds. The number of nitrogens with zero attached hydrogens (tertiary/aromatic N) is 4. The summed E-state index contributed by atoms with van der Waals surface area (Å²) >= 11 is 0. The van der Waals surface area contributed by atoms with Crippen molar-refractivity contribution in [1.29, 1.82) is 0 Å². The van der Waals surface area contributed by atoms with Crippen LogP contribution in [0.5, 0.6) is 0 Å². The molecule has 19 nitrogen and oxygen atoms in total. The molecule has 4 aliphatic rings. The van der Waals surface area contributed by atoms with E-state index in [1.807, 2.05) is 24.3 Å². The minimum atomic E-state index is -1.19. The van der Waals surface area contributed by atoms with Gasteiger partial charge in [-0.25, -0.2) is 4.79 Å². The summed E-state index contributed by atoms with van der Waals surface area (Å²) in [4.78, 5) is 120. The fraction of sp³-hybridized carbons (Fsp3) is 0.660. The van der Waals surface area contributed by atoms with Gasteiger partial charge in [-0.05, 0) is 94.2 Å². The van der Waals surface area contributed by atoms with Crippen LogP contribution in [0.3, 0.4) is 0 Å². The Morgan fingerprint density at radius 3 is 1.79 bits per heavy atom. The predicted molar refractivity (Wildman–Crippen MR) is 245 cm³/mol. The number of unbranched alkanes of at least 4 members (excludes halogenated alkanes) is 1. The molecule has 5 heterocycles. The van der Waals surface area contributed by atoms with Gasteiger partial charge >= 0.3 is 5.97 Å². The summed E-state index contributed by atoms with van der Waals surface area (Å²) in [7, 11) is 0. The predicted octanol–water partition coefficient (Wildman–Crippen LogP) is 0.982. The molecule has 0 spiro atoms. The Bertz CT molecular complexity index is 2110. The lowest BCUT2D eigenvalue weighted by Crippen LogP contribution is -2.60. The molecule has 0 radical (unpaired) electrons. The van der Waals surface area contributed by atoms with Gasteiger partial charge in [0, 0.05) is 49.7 Å². The molecule has 4 saturated heterocycles. The zero-order valence-electron chi connectivity index (χ0n) is 38.8. The van der Waals surface area contributed by atoms with Crippen molar-refractivity contribution in [1.82, 2.24) is 40.5 Å². The van der Waals surface area contributed by atoms with Crippen LogP contribution in [-0.2, 0) is 44.8 Å². The van der Waals surface area contributed by atoms with Crippen molar-refractivity contribution in [3.8, 4) is 0 Å². The molecule has 0 saturated carbocycles. The topological polar surface area (TPSA) is 274 Å². The highest BCUT2D eigenvalue weighted by Gasteiger charge is 2.47. The second-order valence-electron chi connectivity index (χ2n) is 19.1. The second-order valence-corrected chi connectivity index (χ2v) is 19.1. The number of nitrogens with two attached hydrogens (primary N) is 2. The number of hydrogen-bond donors (Lipinski definition) is 7. The number of H-pyrrole nitrogens is 1. The Balaban J connectivity index is 1.17. The molecule has 2 aromatic rings. The number of carbonyl (C=O) groups is 8. The van der Waals surface area contributed by atoms with Crippen LogP contribution in [0.4, 0.5) is 0 Å². The van der Waals surface area contributed by atoms with Crippen molar-refractivity contribution >= 4 is 58.2 Å². The van der Waals surface area contributed by atoms with Crippen LogP contribution in [0.15, 0.2) is 30.5 Å². The number of carboxylic acid groups (broad SMARTS) is 1. The largest absolute Gasteiger partial charge is 0.480 e. The maximum absolute atomic E-state index is 14.5. The van der Waals surface area contributed by atoms with E-state index >= 15 is 0 Å². The van der Waals surface area contributed by atoms with Crippen LogP contribution in [0.2, 0.25) is 0 Å². The van der Waals surface area contributed by atoms with Gasteiger partial charge < -0.3 is 57.1 Å². The average molecular weight is 919 g/mol. The van der Waals surface area contributed by atoms with Gasteiger partial charge in [-0.1, -0.05) is 52.3 Å². The molecule has 0 aliphatic carbocycles. The normalized spacial score (nSPS) is 22.7. The van der Waals surface area contributed by atoms with E-state index in [0.717, 1.165) is 22.9 Å². The van der Waals surface area contributed by atoms with E-state index in [9.17, 15) is 43.5 Å². The van der Waals surface area contributed by atoms with Gasteiger partial charge in [-0.15, -0.1) is 0 Å². The number of aromatic amines is 1. The maximum Gasteiger partial charge on any atom is 0.326 e. The maximum atomic E-state index is 14.5. The minimum Gasteiger partial charge on any atom is -0.480 e. The smallest absolute Gasteiger partial charge is 0.326 e. The van der Waals surface area contributed by atoms with Crippen LogP contribution in [0.1, 0.15) is 104 Å². The molecule has 0 bridgehead atoms. The van der Waals surface area contributed by atoms with Crippen molar-refractivity contribution < 1.29 is 43.5 Å². The Hall–Kier alpha value is -5.56. The Kier molecular flexibility index (Phi) is 16.8. The summed E-state index contributed by atoms with van der Waals surface area (Å²) in [5.74, 6) is -5.20. The monoisotopic (exact) mass is 919 g/mol. The third kappa shape index (κ3) is 11.2. The van der Waals surface area contributed by atoms with Crippen LogP contribution in [0.25, 0.3) is 10.9 Å². The lowest BCUT2D eigenvalue weighted by atomic mass is 9.99. The fourth-order valence-electron chi connectivity index (χ4n) is 10.1. The van der Waals surface area contributed by atoms with E-state index in [-0.39, 0.29) is 37.2 Å². The fourth-order valence-corrected chi connectivity index (χ4v) is 10.1. The molecule has 6 rings (SSSR count). The third-order valence-corrected chi connectivity index (χ3v) is 13.8. The molecule has 8 atom stereocenters. The zero-order valence-corrected chi connectivity index (χ0v) is 38.8. The summed E-state index contributed by atoms with van der Waals surface area (Å²) in [6, 6.07) is -0.0505.